The Hall–Kier alpha value is -1.77. The Kier molecular flexibility index (Phi) is 5.74. The number of carbonyl (C=O) groups excluding carboxylic acids is 1. The van der Waals surface area contributed by atoms with Crippen LogP contribution in [0.5, 0.6) is 0 Å². The van der Waals surface area contributed by atoms with E-state index in [9.17, 15) is 17.6 Å². The molecule has 1 fully saturated rings. The Morgan fingerprint density at radius 3 is 2.38 bits per heavy atom. The normalized spacial score (nSPS) is 16.4. The molecule has 5 nitrogen and oxygen atoms in total. The molecule has 1 N–H and O–H groups in total. The molecule has 0 spiro atoms. The minimum atomic E-state index is -3.56. The lowest BCUT2D eigenvalue weighted by atomic mass is 9.97. The Morgan fingerprint density at radius 2 is 1.77 bits per heavy atom. The van der Waals surface area contributed by atoms with Gasteiger partial charge in [-0.05, 0) is 55.3 Å². The number of benzene rings is 2. The summed E-state index contributed by atoms with van der Waals surface area (Å²) >= 11 is 3.29. The van der Waals surface area contributed by atoms with Gasteiger partial charge in [0.1, 0.15) is 5.82 Å². The molecule has 138 valence electrons. The molecule has 2 aromatic rings. The summed E-state index contributed by atoms with van der Waals surface area (Å²) < 4.78 is 40.8. The summed E-state index contributed by atoms with van der Waals surface area (Å²) in [5.41, 5.74) is 0.403. The first-order chi connectivity index (χ1) is 12.4. The largest absolute Gasteiger partial charge is 0.326 e. The third kappa shape index (κ3) is 4.31. The highest BCUT2D eigenvalue weighted by Gasteiger charge is 2.32. The van der Waals surface area contributed by atoms with Crippen molar-refractivity contribution in [3.63, 3.8) is 0 Å². The Morgan fingerprint density at radius 1 is 1.12 bits per heavy atom. The molecule has 1 heterocycles. The van der Waals surface area contributed by atoms with Gasteiger partial charge in [-0.2, -0.15) is 4.31 Å². The highest BCUT2D eigenvalue weighted by atomic mass is 79.9. The predicted molar refractivity (Wildman–Crippen MR) is 101 cm³/mol. The SMILES string of the molecule is O=C(Nc1cccc(F)c1)C1CCN(S(=O)(=O)c2ccc(Br)cc2)CC1. The van der Waals surface area contributed by atoms with Crippen LogP contribution in [-0.2, 0) is 14.8 Å². The van der Waals surface area contributed by atoms with Crippen molar-refractivity contribution in [2.24, 2.45) is 5.92 Å². The summed E-state index contributed by atoms with van der Waals surface area (Å²) in [7, 11) is -3.56. The van der Waals surface area contributed by atoms with Crippen molar-refractivity contribution in [3.8, 4) is 0 Å². The van der Waals surface area contributed by atoms with E-state index in [-0.39, 0.29) is 29.8 Å². The number of amides is 1. The van der Waals surface area contributed by atoms with Gasteiger partial charge in [0.25, 0.3) is 0 Å². The first-order valence-electron chi connectivity index (χ1n) is 8.18. The molecule has 1 amide bonds. The number of piperidine rings is 1. The van der Waals surface area contributed by atoms with Crippen LogP contribution < -0.4 is 5.32 Å². The van der Waals surface area contributed by atoms with Gasteiger partial charge in [-0.15, -0.1) is 0 Å². The Balaban J connectivity index is 1.61. The van der Waals surface area contributed by atoms with Gasteiger partial charge in [-0.3, -0.25) is 4.79 Å². The lowest BCUT2D eigenvalue weighted by molar-refractivity contribution is -0.120. The maximum absolute atomic E-state index is 13.2. The van der Waals surface area contributed by atoms with E-state index in [2.05, 4.69) is 21.2 Å². The van der Waals surface area contributed by atoms with Crippen molar-refractivity contribution in [2.75, 3.05) is 18.4 Å². The van der Waals surface area contributed by atoms with Crippen molar-refractivity contribution in [3.05, 3.63) is 58.8 Å². The second-order valence-corrected chi connectivity index (χ2v) is 8.99. The van der Waals surface area contributed by atoms with Crippen molar-refractivity contribution < 1.29 is 17.6 Å². The molecule has 1 aliphatic heterocycles. The third-order valence-corrected chi connectivity index (χ3v) is 6.81. The summed E-state index contributed by atoms with van der Waals surface area (Å²) in [6.45, 7) is 0.555. The topological polar surface area (TPSA) is 66.5 Å². The number of carbonyl (C=O) groups is 1. The molecule has 0 aromatic heterocycles. The number of nitrogens with zero attached hydrogens (tertiary/aromatic N) is 1. The van der Waals surface area contributed by atoms with Gasteiger partial charge < -0.3 is 5.32 Å². The predicted octanol–water partition coefficient (Wildman–Crippen LogP) is 3.63. The van der Waals surface area contributed by atoms with Crippen LogP contribution in [-0.4, -0.2) is 31.7 Å². The van der Waals surface area contributed by atoms with E-state index in [1.54, 1.807) is 30.3 Å². The molecule has 0 unspecified atom stereocenters. The number of hydrogen-bond acceptors (Lipinski definition) is 3. The molecule has 0 radical (unpaired) electrons. The van der Waals surface area contributed by atoms with Crippen molar-refractivity contribution in [1.82, 2.24) is 4.31 Å². The molecule has 26 heavy (non-hydrogen) atoms. The van der Waals surface area contributed by atoms with Crippen LogP contribution in [0.2, 0.25) is 0 Å². The lowest BCUT2D eigenvalue weighted by Gasteiger charge is -2.30. The quantitative estimate of drug-likeness (QED) is 0.788. The summed E-state index contributed by atoms with van der Waals surface area (Å²) in [6.07, 6.45) is 0.855. The average Bonchev–Trinajstić information content (AvgIpc) is 2.62. The summed E-state index contributed by atoms with van der Waals surface area (Å²) in [5.74, 6) is -0.927. The minimum Gasteiger partial charge on any atom is -0.326 e. The van der Waals surface area contributed by atoms with E-state index in [0.717, 1.165) is 4.47 Å². The van der Waals surface area contributed by atoms with Crippen LogP contribution in [0.3, 0.4) is 0 Å². The van der Waals surface area contributed by atoms with E-state index >= 15 is 0 Å². The number of nitrogens with one attached hydrogen (secondary N) is 1. The molecular weight excluding hydrogens is 423 g/mol. The van der Waals surface area contributed by atoms with Crippen LogP contribution in [0.4, 0.5) is 10.1 Å². The van der Waals surface area contributed by atoms with E-state index in [4.69, 9.17) is 0 Å². The first-order valence-corrected chi connectivity index (χ1v) is 10.4. The van der Waals surface area contributed by atoms with Gasteiger partial charge in [-0.25, -0.2) is 12.8 Å². The van der Waals surface area contributed by atoms with Gasteiger partial charge in [0, 0.05) is 29.2 Å². The fourth-order valence-corrected chi connectivity index (χ4v) is 4.66. The van der Waals surface area contributed by atoms with Gasteiger partial charge in [0.15, 0.2) is 0 Å². The number of halogens is 2. The number of anilines is 1. The zero-order valence-electron chi connectivity index (χ0n) is 13.9. The second-order valence-electron chi connectivity index (χ2n) is 6.13. The number of hydrogen-bond donors (Lipinski definition) is 1. The van der Waals surface area contributed by atoms with Crippen LogP contribution in [0.25, 0.3) is 0 Å². The molecular formula is C18H18BrFN2O3S. The van der Waals surface area contributed by atoms with Gasteiger partial charge in [0.05, 0.1) is 4.90 Å². The maximum atomic E-state index is 13.2. The highest BCUT2D eigenvalue weighted by molar-refractivity contribution is 9.10. The van der Waals surface area contributed by atoms with E-state index in [1.807, 2.05) is 0 Å². The fourth-order valence-electron chi connectivity index (χ4n) is 2.92. The third-order valence-electron chi connectivity index (χ3n) is 4.37. The molecule has 3 rings (SSSR count). The zero-order valence-corrected chi connectivity index (χ0v) is 16.3. The summed E-state index contributed by atoms with van der Waals surface area (Å²) in [5, 5.41) is 2.69. The molecule has 0 aliphatic carbocycles. The lowest BCUT2D eigenvalue weighted by Crippen LogP contribution is -2.41. The average molecular weight is 441 g/mol. The minimum absolute atomic E-state index is 0.212. The molecule has 0 atom stereocenters. The molecule has 0 bridgehead atoms. The van der Waals surface area contributed by atoms with Crippen LogP contribution >= 0.6 is 15.9 Å². The van der Waals surface area contributed by atoms with Crippen molar-refractivity contribution >= 4 is 37.5 Å². The van der Waals surface area contributed by atoms with Crippen LogP contribution in [0, 0.1) is 11.7 Å². The first kappa shape index (κ1) is 19.0. The Bertz CT molecular complexity index is 895. The molecule has 1 saturated heterocycles. The van der Waals surface area contributed by atoms with Gasteiger partial charge in [-0.1, -0.05) is 22.0 Å². The smallest absolute Gasteiger partial charge is 0.243 e. The van der Waals surface area contributed by atoms with Crippen LogP contribution in [0.15, 0.2) is 57.9 Å². The highest BCUT2D eigenvalue weighted by Crippen LogP contribution is 2.25. The Labute approximate surface area is 160 Å². The van der Waals surface area contributed by atoms with Crippen molar-refractivity contribution in [2.45, 2.75) is 17.7 Å². The standard InChI is InChI=1S/C18H18BrFN2O3S/c19-14-4-6-17(7-5-14)26(24,25)22-10-8-13(9-11-22)18(23)21-16-3-1-2-15(20)12-16/h1-7,12-13H,8-11H2,(H,21,23). The van der Waals surface area contributed by atoms with E-state index in [1.165, 1.54) is 22.5 Å². The van der Waals surface area contributed by atoms with Crippen molar-refractivity contribution in [1.29, 1.82) is 0 Å². The fraction of sp³-hybridized carbons (Fsp3) is 0.278. The van der Waals surface area contributed by atoms with E-state index in [0.29, 0.717) is 18.5 Å². The molecule has 1 aliphatic rings. The summed E-state index contributed by atoms with van der Waals surface area (Å²) in [4.78, 5) is 12.6. The summed E-state index contributed by atoms with van der Waals surface area (Å²) in [6, 6.07) is 12.2. The zero-order chi connectivity index (χ0) is 18.7. The second kappa shape index (κ2) is 7.85. The molecule has 0 saturated carbocycles. The maximum Gasteiger partial charge on any atom is 0.243 e. The number of rotatable bonds is 4. The molecule has 2 aromatic carbocycles. The number of sulfonamides is 1. The molecule has 8 heteroatoms. The van der Waals surface area contributed by atoms with Gasteiger partial charge >= 0.3 is 0 Å². The van der Waals surface area contributed by atoms with Gasteiger partial charge in [0.2, 0.25) is 15.9 Å². The van der Waals surface area contributed by atoms with Crippen LogP contribution in [0.1, 0.15) is 12.8 Å². The van der Waals surface area contributed by atoms with E-state index < -0.39 is 15.8 Å². The monoisotopic (exact) mass is 440 g/mol.